The molecule has 1 amide bonds. The second-order valence-electron chi connectivity index (χ2n) is 5.11. The number of rotatable bonds is 5. The average Bonchev–Trinajstić information content (AvgIpc) is 2.77. The molecule has 1 aromatic heterocycles. The highest BCUT2D eigenvalue weighted by Gasteiger charge is 2.12. The molecule has 1 heterocycles. The monoisotopic (exact) mass is 350 g/mol. The van der Waals surface area contributed by atoms with Gasteiger partial charge in [0.15, 0.2) is 0 Å². The summed E-state index contributed by atoms with van der Waals surface area (Å²) in [4.78, 5) is 12.0. The van der Waals surface area contributed by atoms with Gasteiger partial charge in [0.25, 0.3) is 0 Å². The molecule has 0 bridgehead atoms. The van der Waals surface area contributed by atoms with Crippen LogP contribution in [0.2, 0.25) is 0 Å². The lowest BCUT2D eigenvalue weighted by atomic mass is 9.97. The SMILES string of the molecule is CC(CC(=O)NCc1cnn(C)c1N)c1ccc(Br)cc1. The highest BCUT2D eigenvalue weighted by atomic mass is 79.9. The van der Waals surface area contributed by atoms with Gasteiger partial charge in [-0.2, -0.15) is 5.10 Å². The molecule has 3 N–H and O–H groups in total. The van der Waals surface area contributed by atoms with Crippen molar-refractivity contribution in [1.82, 2.24) is 15.1 Å². The lowest BCUT2D eigenvalue weighted by Gasteiger charge is -2.12. The molecule has 0 aliphatic heterocycles. The first-order valence-electron chi connectivity index (χ1n) is 6.76. The zero-order valence-electron chi connectivity index (χ0n) is 12.1. The normalized spacial score (nSPS) is 12.1. The van der Waals surface area contributed by atoms with E-state index in [0.717, 1.165) is 15.6 Å². The third-order valence-electron chi connectivity index (χ3n) is 3.47. The summed E-state index contributed by atoms with van der Waals surface area (Å²) >= 11 is 3.41. The summed E-state index contributed by atoms with van der Waals surface area (Å²) in [5.41, 5.74) is 7.82. The Labute approximate surface area is 132 Å². The fraction of sp³-hybridized carbons (Fsp3) is 0.333. The Morgan fingerprint density at radius 1 is 1.43 bits per heavy atom. The zero-order chi connectivity index (χ0) is 15.4. The number of hydrogen-bond acceptors (Lipinski definition) is 3. The van der Waals surface area contributed by atoms with E-state index in [1.54, 1.807) is 17.9 Å². The van der Waals surface area contributed by atoms with Crippen molar-refractivity contribution in [1.29, 1.82) is 0 Å². The van der Waals surface area contributed by atoms with Crippen LogP contribution in [-0.2, 0) is 18.4 Å². The van der Waals surface area contributed by atoms with Crippen LogP contribution in [0.3, 0.4) is 0 Å². The van der Waals surface area contributed by atoms with Gasteiger partial charge in [-0.05, 0) is 23.6 Å². The lowest BCUT2D eigenvalue weighted by Crippen LogP contribution is -2.24. The molecule has 0 radical (unpaired) electrons. The van der Waals surface area contributed by atoms with Gasteiger partial charge in [-0.3, -0.25) is 9.48 Å². The molecule has 1 aromatic carbocycles. The number of carbonyl (C=O) groups excluding carboxylic acids is 1. The van der Waals surface area contributed by atoms with Crippen LogP contribution in [0, 0.1) is 0 Å². The Kier molecular flexibility index (Phi) is 5.01. The maximum Gasteiger partial charge on any atom is 0.220 e. The van der Waals surface area contributed by atoms with Crippen molar-refractivity contribution in [2.24, 2.45) is 7.05 Å². The maximum atomic E-state index is 12.0. The smallest absolute Gasteiger partial charge is 0.220 e. The molecule has 6 heteroatoms. The molecule has 2 rings (SSSR count). The van der Waals surface area contributed by atoms with Gasteiger partial charge in [-0.1, -0.05) is 35.0 Å². The van der Waals surface area contributed by atoms with Crippen LogP contribution in [-0.4, -0.2) is 15.7 Å². The predicted molar refractivity (Wildman–Crippen MR) is 86.6 cm³/mol. The topological polar surface area (TPSA) is 72.9 Å². The second-order valence-corrected chi connectivity index (χ2v) is 6.03. The van der Waals surface area contributed by atoms with E-state index in [1.165, 1.54) is 0 Å². The second kappa shape index (κ2) is 6.76. The van der Waals surface area contributed by atoms with Gasteiger partial charge >= 0.3 is 0 Å². The molecule has 0 saturated carbocycles. The van der Waals surface area contributed by atoms with Crippen LogP contribution >= 0.6 is 15.9 Å². The van der Waals surface area contributed by atoms with E-state index >= 15 is 0 Å². The van der Waals surface area contributed by atoms with E-state index < -0.39 is 0 Å². The van der Waals surface area contributed by atoms with Gasteiger partial charge in [-0.25, -0.2) is 0 Å². The number of nitrogens with one attached hydrogen (secondary N) is 1. The van der Waals surface area contributed by atoms with Crippen molar-refractivity contribution in [2.45, 2.75) is 25.8 Å². The van der Waals surface area contributed by atoms with Gasteiger partial charge in [0.2, 0.25) is 5.91 Å². The number of nitrogen functional groups attached to an aromatic ring is 1. The summed E-state index contributed by atoms with van der Waals surface area (Å²) in [5, 5.41) is 6.93. The van der Waals surface area contributed by atoms with Gasteiger partial charge in [0, 0.05) is 30.0 Å². The fourth-order valence-electron chi connectivity index (χ4n) is 2.08. The van der Waals surface area contributed by atoms with Gasteiger partial charge in [-0.15, -0.1) is 0 Å². The fourth-order valence-corrected chi connectivity index (χ4v) is 2.35. The molecule has 0 saturated heterocycles. The van der Waals surface area contributed by atoms with Gasteiger partial charge < -0.3 is 11.1 Å². The molecular formula is C15H19BrN4O. The highest BCUT2D eigenvalue weighted by molar-refractivity contribution is 9.10. The van der Waals surface area contributed by atoms with Gasteiger partial charge in [0.05, 0.1) is 6.20 Å². The minimum Gasteiger partial charge on any atom is -0.384 e. The number of anilines is 1. The molecule has 0 aliphatic carbocycles. The third-order valence-corrected chi connectivity index (χ3v) is 4.00. The summed E-state index contributed by atoms with van der Waals surface area (Å²) < 4.78 is 2.63. The molecule has 112 valence electrons. The van der Waals surface area contributed by atoms with Crippen LogP contribution in [0.1, 0.15) is 30.4 Å². The van der Waals surface area contributed by atoms with Crippen LogP contribution in [0.25, 0.3) is 0 Å². The van der Waals surface area contributed by atoms with Crippen molar-refractivity contribution in [3.8, 4) is 0 Å². The average molecular weight is 351 g/mol. The number of amides is 1. The van der Waals surface area contributed by atoms with Crippen LogP contribution in [0.4, 0.5) is 5.82 Å². The Morgan fingerprint density at radius 2 is 2.10 bits per heavy atom. The van der Waals surface area contributed by atoms with E-state index in [2.05, 4.69) is 26.3 Å². The minimum absolute atomic E-state index is 0.00803. The van der Waals surface area contributed by atoms with Crippen LogP contribution in [0.5, 0.6) is 0 Å². The third kappa shape index (κ3) is 4.07. The van der Waals surface area contributed by atoms with Crippen LogP contribution < -0.4 is 11.1 Å². The zero-order valence-corrected chi connectivity index (χ0v) is 13.7. The quantitative estimate of drug-likeness (QED) is 0.870. The van der Waals surface area contributed by atoms with E-state index in [9.17, 15) is 4.79 Å². The predicted octanol–water partition coefficient (Wildman–Crippen LogP) is 2.57. The number of benzene rings is 1. The summed E-state index contributed by atoms with van der Waals surface area (Å²) in [6.07, 6.45) is 2.12. The van der Waals surface area contributed by atoms with Crippen molar-refractivity contribution in [2.75, 3.05) is 5.73 Å². The lowest BCUT2D eigenvalue weighted by molar-refractivity contribution is -0.121. The first-order chi connectivity index (χ1) is 9.97. The first kappa shape index (κ1) is 15.6. The standard InChI is InChI=1S/C15H19BrN4O/c1-10(11-3-5-13(16)6-4-11)7-14(21)18-8-12-9-19-20(2)15(12)17/h3-6,9-10H,7-8,17H2,1-2H3,(H,18,21). The largest absolute Gasteiger partial charge is 0.384 e. The number of carbonyl (C=O) groups is 1. The molecule has 2 aromatic rings. The van der Waals surface area contributed by atoms with E-state index in [-0.39, 0.29) is 11.8 Å². The highest BCUT2D eigenvalue weighted by Crippen LogP contribution is 2.21. The molecule has 21 heavy (non-hydrogen) atoms. The van der Waals surface area contributed by atoms with Crippen LogP contribution in [0.15, 0.2) is 34.9 Å². The number of aromatic nitrogens is 2. The van der Waals surface area contributed by atoms with E-state index in [0.29, 0.717) is 18.8 Å². The first-order valence-corrected chi connectivity index (χ1v) is 7.55. The van der Waals surface area contributed by atoms with Crippen molar-refractivity contribution < 1.29 is 4.79 Å². The molecule has 1 unspecified atom stereocenters. The van der Waals surface area contributed by atoms with Crippen molar-refractivity contribution >= 4 is 27.7 Å². The van der Waals surface area contributed by atoms with E-state index in [1.807, 2.05) is 31.2 Å². The molecule has 0 fully saturated rings. The van der Waals surface area contributed by atoms with Gasteiger partial charge in [0.1, 0.15) is 5.82 Å². The number of hydrogen-bond donors (Lipinski definition) is 2. The minimum atomic E-state index is 0.00803. The molecule has 0 spiro atoms. The number of halogens is 1. The Morgan fingerprint density at radius 3 is 2.67 bits per heavy atom. The molecule has 0 aliphatic rings. The molecular weight excluding hydrogens is 332 g/mol. The number of nitrogens with two attached hydrogens (primary N) is 1. The summed E-state index contributed by atoms with van der Waals surface area (Å²) in [6.45, 7) is 2.45. The number of nitrogens with zero attached hydrogens (tertiary/aromatic N) is 2. The Balaban J connectivity index is 1.87. The summed E-state index contributed by atoms with van der Waals surface area (Å²) in [5.74, 6) is 0.759. The molecule has 1 atom stereocenters. The van der Waals surface area contributed by atoms with Crippen molar-refractivity contribution in [3.63, 3.8) is 0 Å². The Bertz CT molecular complexity index is 621. The summed E-state index contributed by atoms with van der Waals surface area (Å²) in [6, 6.07) is 8.03. The maximum absolute atomic E-state index is 12.0. The van der Waals surface area contributed by atoms with E-state index in [4.69, 9.17) is 5.73 Å². The number of aryl methyl sites for hydroxylation is 1. The Hall–Kier alpha value is -1.82. The molecule has 5 nitrogen and oxygen atoms in total. The van der Waals surface area contributed by atoms with Crippen molar-refractivity contribution in [3.05, 3.63) is 46.1 Å². The summed E-state index contributed by atoms with van der Waals surface area (Å²) in [7, 11) is 1.77.